The highest BCUT2D eigenvalue weighted by molar-refractivity contribution is 5.85. The molecule has 2 N–H and O–H groups in total. The second-order valence-electron chi connectivity index (χ2n) is 7.80. The maximum atomic E-state index is 12.2. The summed E-state index contributed by atoms with van der Waals surface area (Å²) in [7, 11) is 0. The third-order valence-electron chi connectivity index (χ3n) is 5.86. The number of unbranched alkanes of at least 4 members (excludes halogenated alkanes) is 1. The quantitative estimate of drug-likeness (QED) is 0.740. The van der Waals surface area contributed by atoms with Gasteiger partial charge in [-0.25, -0.2) is 0 Å². The molecule has 0 saturated carbocycles. The maximum absolute atomic E-state index is 12.2. The van der Waals surface area contributed by atoms with Gasteiger partial charge >= 0.3 is 0 Å². The summed E-state index contributed by atoms with van der Waals surface area (Å²) in [4.78, 5) is 26.3. The number of aromatic nitrogens is 1. The molecule has 0 bridgehead atoms. The number of carbonyl (C=O) groups is 2. The molecule has 0 spiro atoms. The van der Waals surface area contributed by atoms with E-state index >= 15 is 0 Å². The zero-order valence-corrected chi connectivity index (χ0v) is 15.9. The minimum atomic E-state index is -0.146. The zero-order chi connectivity index (χ0) is 18.6. The van der Waals surface area contributed by atoms with E-state index in [2.05, 4.69) is 15.2 Å². The number of hydrogen-bond acceptors (Lipinski definition) is 5. The van der Waals surface area contributed by atoms with Crippen molar-refractivity contribution in [2.24, 2.45) is 0 Å². The Morgan fingerprint density at radius 2 is 2.04 bits per heavy atom. The molecule has 2 saturated heterocycles. The zero-order valence-electron chi connectivity index (χ0n) is 15.9. The number of hydrogen-bond donors (Lipinski definition) is 2. The molecular formula is C20H30N4O3. The summed E-state index contributed by atoms with van der Waals surface area (Å²) in [6.07, 6.45) is 8.47. The summed E-state index contributed by atoms with van der Waals surface area (Å²) >= 11 is 0. The van der Waals surface area contributed by atoms with E-state index in [1.165, 1.54) is 6.42 Å². The minimum Gasteiger partial charge on any atom is -0.492 e. The van der Waals surface area contributed by atoms with Crippen molar-refractivity contribution in [2.75, 3.05) is 26.2 Å². The van der Waals surface area contributed by atoms with Crippen LogP contribution in [0, 0.1) is 0 Å². The van der Waals surface area contributed by atoms with Gasteiger partial charge in [0.2, 0.25) is 5.91 Å². The molecule has 27 heavy (non-hydrogen) atoms. The highest BCUT2D eigenvalue weighted by Crippen LogP contribution is 2.28. The number of rotatable bonds is 6. The SMILES string of the molecule is O=C1CCNC2C1NCc1cc(OCCCCC(=O)N3CCCCC3)cn12. The number of ether oxygens (including phenoxy) is 1. The molecule has 4 rings (SSSR count). The van der Waals surface area contributed by atoms with Crippen molar-refractivity contribution in [3.05, 3.63) is 18.0 Å². The number of Topliss-reactive ketones (excluding diaryl/α,β-unsaturated/α-hetero) is 1. The molecular weight excluding hydrogens is 344 g/mol. The van der Waals surface area contributed by atoms with Crippen molar-refractivity contribution in [1.29, 1.82) is 0 Å². The molecule has 4 heterocycles. The van der Waals surface area contributed by atoms with Crippen LogP contribution >= 0.6 is 0 Å². The van der Waals surface area contributed by atoms with Gasteiger partial charge in [0.05, 0.1) is 6.61 Å². The van der Waals surface area contributed by atoms with E-state index in [1.54, 1.807) is 0 Å². The third kappa shape index (κ3) is 4.19. The van der Waals surface area contributed by atoms with E-state index in [-0.39, 0.29) is 18.0 Å². The number of nitrogens with one attached hydrogen (secondary N) is 2. The first-order valence-electron chi connectivity index (χ1n) is 10.3. The average Bonchev–Trinajstić information content (AvgIpc) is 3.12. The molecule has 1 aromatic heterocycles. The largest absolute Gasteiger partial charge is 0.492 e. The Kier molecular flexibility index (Phi) is 5.78. The Hall–Kier alpha value is -1.86. The van der Waals surface area contributed by atoms with Crippen molar-refractivity contribution in [1.82, 2.24) is 20.1 Å². The number of nitrogens with zero attached hydrogens (tertiary/aromatic N) is 2. The van der Waals surface area contributed by atoms with E-state index in [9.17, 15) is 9.59 Å². The van der Waals surface area contributed by atoms with Crippen LogP contribution in [-0.2, 0) is 16.1 Å². The Morgan fingerprint density at radius 3 is 2.89 bits per heavy atom. The summed E-state index contributed by atoms with van der Waals surface area (Å²) in [6, 6.07) is 1.90. The van der Waals surface area contributed by atoms with E-state index in [0.29, 0.717) is 31.9 Å². The summed E-state index contributed by atoms with van der Waals surface area (Å²) in [5.41, 5.74) is 1.13. The molecule has 0 radical (unpaired) electrons. The van der Waals surface area contributed by atoms with Crippen molar-refractivity contribution < 1.29 is 14.3 Å². The van der Waals surface area contributed by atoms with Crippen LogP contribution in [0.25, 0.3) is 0 Å². The van der Waals surface area contributed by atoms with Crippen LogP contribution in [0.1, 0.15) is 56.8 Å². The number of amides is 1. The maximum Gasteiger partial charge on any atom is 0.222 e. The van der Waals surface area contributed by atoms with Crippen LogP contribution in [0.3, 0.4) is 0 Å². The molecule has 7 nitrogen and oxygen atoms in total. The standard InChI is InChI=1S/C20H30N4O3/c25-17-7-8-21-20-19(17)22-13-15-12-16(14-24(15)20)27-11-5-2-6-18(26)23-9-3-1-4-10-23/h12,14,19-22H,1-11,13H2. The first-order valence-corrected chi connectivity index (χ1v) is 10.3. The molecule has 2 fully saturated rings. The van der Waals surface area contributed by atoms with E-state index in [0.717, 1.165) is 56.8 Å². The Bertz CT molecular complexity index is 681. The fraction of sp³-hybridized carbons (Fsp3) is 0.700. The van der Waals surface area contributed by atoms with Crippen molar-refractivity contribution >= 4 is 11.7 Å². The Labute approximate surface area is 160 Å². The van der Waals surface area contributed by atoms with Gasteiger partial charge in [-0.1, -0.05) is 0 Å². The average molecular weight is 374 g/mol. The lowest BCUT2D eigenvalue weighted by atomic mass is 10.0. The summed E-state index contributed by atoms with van der Waals surface area (Å²) in [6.45, 7) is 3.88. The van der Waals surface area contributed by atoms with Gasteiger partial charge < -0.3 is 14.2 Å². The smallest absolute Gasteiger partial charge is 0.222 e. The van der Waals surface area contributed by atoms with Crippen molar-refractivity contribution in [3.63, 3.8) is 0 Å². The topological polar surface area (TPSA) is 75.6 Å². The van der Waals surface area contributed by atoms with Gasteiger partial charge in [-0.2, -0.15) is 0 Å². The summed E-state index contributed by atoms with van der Waals surface area (Å²) in [5.74, 6) is 1.41. The molecule has 148 valence electrons. The lowest BCUT2D eigenvalue weighted by molar-refractivity contribution is -0.132. The molecule has 3 aliphatic rings. The van der Waals surface area contributed by atoms with Gasteiger partial charge in [0.25, 0.3) is 0 Å². The normalized spacial score (nSPS) is 25.0. The molecule has 1 amide bonds. The predicted octanol–water partition coefficient (Wildman–Crippen LogP) is 1.58. The van der Waals surface area contributed by atoms with Crippen LogP contribution in [-0.4, -0.2) is 53.4 Å². The molecule has 2 atom stereocenters. The number of fused-ring (bicyclic) bond motifs is 3. The molecule has 3 aliphatic heterocycles. The van der Waals surface area contributed by atoms with Crippen molar-refractivity contribution in [2.45, 2.75) is 63.7 Å². The van der Waals surface area contributed by atoms with Gasteiger partial charge in [-0.05, 0) is 32.1 Å². The van der Waals surface area contributed by atoms with E-state index in [1.807, 2.05) is 17.2 Å². The number of likely N-dealkylation sites (tertiary alicyclic amines) is 1. The van der Waals surface area contributed by atoms with Gasteiger partial charge in [-0.15, -0.1) is 0 Å². The highest BCUT2D eigenvalue weighted by Gasteiger charge is 2.36. The predicted molar refractivity (Wildman–Crippen MR) is 102 cm³/mol. The molecule has 0 aliphatic carbocycles. The molecule has 0 aromatic carbocycles. The van der Waals surface area contributed by atoms with E-state index in [4.69, 9.17) is 4.74 Å². The molecule has 1 aromatic rings. The van der Waals surface area contributed by atoms with Crippen LogP contribution in [0.4, 0.5) is 0 Å². The number of piperidine rings is 2. The van der Waals surface area contributed by atoms with Crippen LogP contribution < -0.4 is 15.4 Å². The van der Waals surface area contributed by atoms with Crippen LogP contribution in [0.15, 0.2) is 12.3 Å². The van der Waals surface area contributed by atoms with Gasteiger partial charge in [0.15, 0.2) is 5.78 Å². The third-order valence-corrected chi connectivity index (χ3v) is 5.86. The van der Waals surface area contributed by atoms with Gasteiger partial charge in [0, 0.05) is 57.0 Å². The fourth-order valence-corrected chi connectivity index (χ4v) is 4.34. The van der Waals surface area contributed by atoms with E-state index < -0.39 is 0 Å². The number of carbonyl (C=O) groups excluding carboxylic acids is 2. The van der Waals surface area contributed by atoms with Crippen molar-refractivity contribution in [3.8, 4) is 5.75 Å². The number of ketones is 1. The lowest BCUT2D eigenvalue weighted by Gasteiger charge is -2.37. The Morgan fingerprint density at radius 1 is 1.19 bits per heavy atom. The fourth-order valence-electron chi connectivity index (χ4n) is 4.34. The Balaban J connectivity index is 1.22. The summed E-state index contributed by atoms with van der Waals surface area (Å²) in [5, 5.41) is 6.75. The second-order valence-corrected chi connectivity index (χ2v) is 7.80. The highest BCUT2D eigenvalue weighted by atomic mass is 16.5. The summed E-state index contributed by atoms with van der Waals surface area (Å²) < 4.78 is 8.04. The monoisotopic (exact) mass is 374 g/mol. The lowest BCUT2D eigenvalue weighted by Crippen LogP contribution is -2.56. The van der Waals surface area contributed by atoms with Gasteiger partial charge in [0.1, 0.15) is 18.0 Å². The van der Waals surface area contributed by atoms with Gasteiger partial charge in [-0.3, -0.25) is 20.2 Å². The first kappa shape index (κ1) is 18.5. The molecule has 7 heteroatoms. The second kappa shape index (κ2) is 8.44. The minimum absolute atomic E-state index is 0.0190. The molecule has 2 unspecified atom stereocenters. The van der Waals surface area contributed by atoms with Crippen LogP contribution in [0.2, 0.25) is 0 Å². The van der Waals surface area contributed by atoms with Crippen LogP contribution in [0.5, 0.6) is 5.75 Å². The first-order chi connectivity index (χ1) is 13.2.